The van der Waals surface area contributed by atoms with Gasteiger partial charge in [0, 0.05) is 0 Å². The van der Waals surface area contributed by atoms with E-state index in [4.69, 9.17) is 19.5 Å². The molecule has 29 aromatic carbocycles. The van der Waals surface area contributed by atoms with Gasteiger partial charge in [-0.25, -0.2) is 9.59 Å². The summed E-state index contributed by atoms with van der Waals surface area (Å²) in [4.78, 5) is 49.8. The molecule has 454 valence electrons. The standard InChI is InChI=1S/C98H28N2O4/c101-91-89-93-81-65-54-43-36-37-41-34-33-38-35-39(34)50-59-48(41)55-44(37)46-45(43)56-53-57(46)68-66(55)82-70(59)74-61(50)52-42(35)51-60-49(38)58(47(54)40(33)36)69(81)73(60)85-75-62(51)63(52)76-80-79(75)87(95(85,93)97(99-89,29-16-5-1-6-17-29)30-18-7-2-8-19-30)77-71(83(93)67(56)65)64(53)72-78(77)88(80)96(86(74)76)94(82,84(68)72)90(92(102)104-26-28-15-13-14-27(24-28)25-103-91)100-98(96,31-20-9-3-10-21-31)32-22-11-4-12-23-32/h1-24H,25-26H2. The molecule has 0 saturated heterocycles. The first-order chi connectivity index (χ1) is 51.6. The molecule has 3 heterocycles. The van der Waals surface area contributed by atoms with Gasteiger partial charge >= 0.3 is 11.9 Å². The summed E-state index contributed by atoms with van der Waals surface area (Å²) in [5.74, 6) is -0.739. The summed E-state index contributed by atoms with van der Waals surface area (Å²) in [5, 5.41) is 67.5. The van der Waals surface area contributed by atoms with E-state index in [1.54, 1.807) is 0 Å². The largest absolute Gasteiger partial charge is 0.456 e. The maximum atomic E-state index is 18.0. The Hall–Kier alpha value is -12.9. The number of fused-ring (bicyclic) bond motifs is 2. The Morgan fingerprint density at radius 3 is 0.644 bits per heavy atom. The predicted octanol–water partition coefficient (Wildman–Crippen LogP) is 21.5. The van der Waals surface area contributed by atoms with Crippen molar-refractivity contribution in [2.75, 3.05) is 0 Å². The van der Waals surface area contributed by atoms with Crippen molar-refractivity contribution in [3.63, 3.8) is 0 Å². The topological polar surface area (TPSA) is 77.3 Å². The summed E-state index contributed by atoms with van der Waals surface area (Å²) in [6.45, 7) is -0.00151. The number of cyclic esters (lactones) is 2. The van der Waals surface area contributed by atoms with E-state index in [0.717, 1.165) is 33.4 Å². The zero-order chi connectivity index (χ0) is 64.3. The number of benzene rings is 21. The van der Waals surface area contributed by atoms with Crippen LogP contribution in [0.15, 0.2) is 156 Å². The van der Waals surface area contributed by atoms with Crippen molar-refractivity contribution in [1.29, 1.82) is 0 Å². The van der Waals surface area contributed by atoms with Crippen LogP contribution < -0.4 is 0 Å². The van der Waals surface area contributed by atoms with Gasteiger partial charge in [-0.3, -0.25) is 9.98 Å². The average Bonchev–Trinajstić information content (AvgIpc) is 1.36. The third kappa shape index (κ3) is 2.80. The molecular formula is C98H28N2O4. The van der Waals surface area contributed by atoms with Gasteiger partial charge in [-0.1, -0.05) is 140 Å². The van der Waals surface area contributed by atoms with Gasteiger partial charge in [0.2, 0.25) is 0 Å². The average molecular weight is 1300 g/mol. The van der Waals surface area contributed by atoms with Crippen molar-refractivity contribution in [2.45, 2.75) is 46.0 Å². The number of rotatable bonds is 4. The third-order valence-corrected chi connectivity index (χ3v) is 33.4. The third-order valence-electron chi connectivity index (χ3n) is 33.4. The summed E-state index contributed by atoms with van der Waals surface area (Å²) < 4.78 is 14.7. The van der Waals surface area contributed by atoms with E-state index in [9.17, 15) is 0 Å². The Labute approximate surface area is 576 Å². The number of ether oxygens (including phenoxy) is 2. The zero-order valence-corrected chi connectivity index (χ0v) is 53.8. The number of hydrogen-bond acceptors (Lipinski definition) is 6. The molecule has 11 aliphatic rings. The molecule has 29 aromatic rings. The quantitative estimate of drug-likeness (QED) is 0.130. The van der Waals surface area contributed by atoms with Crippen molar-refractivity contribution < 1.29 is 19.1 Å². The Morgan fingerprint density at radius 2 is 0.413 bits per heavy atom. The number of aliphatic imine (C=N–C) groups is 2. The molecule has 0 aromatic heterocycles. The van der Waals surface area contributed by atoms with Gasteiger partial charge in [0.1, 0.15) is 35.7 Å². The van der Waals surface area contributed by atoms with E-state index in [1.807, 2.05) is 6.07 Å². The Bertz CT molecular complexity index is 9130. The minimum Gasteiger partial charge on any atom is -0.456 e. The van der Waals surface area contributed by atoms with Crippen molar-refractivity contribution in [2.24, 2.45) is 9.98 Å². The molecule has 6 nitrogen and oxygen atoms in total. The minimum absolute atomic E-state index is 0.000754. The molecule has 104 heavy (non-hydrogen) atoms. The first kappa shape index (κ1) is 44.4. The number of carbonyl (C=O) groups excluding carboxylic acids is 2. The smallest absolute Gasteiger partial charge is 0.353 e. The monoisotopic (exact) mass is 1300 g/mol. The van der Waals surface area contributed by atoms with Crippen molar-refractivity contribution in [3.05, 3.63) is 223 Å². The van der Waals surface area contributed by atoms with Crippen LogP contribution in [-0.4, -0.2) is 23.4 Å². The van der Waals surface area contributed by atoms with E-state index in [-0.39, 0.29) is 25.2 Å². The lowest BCUT2D eigenvalue weighted by molar-refractivity contribution is -0.137. The van der Waals surface area contributed by atoms with Gasteiger partial charge in [-0.2, -0.15) is 0 Å². The Kier molecular flexibility index (Phi) is 4.84. The van der Waals surface area contributed by atoms with Crippen LogP contribution in [0.3, 0.4) is 0 Å². The molecule has 40 rings (SSSR count). The van der Waals surface area contributed by atoms with Crippen molar-refractivity contribution in [1.82, 2.24) is 0 Å². The molecule has 4 atom stereocenters. The number of esters is 2. The fourth-order valence-electron chi connectivity index (χ4n) is 32.6. The van der Waals surface area contributed by atoms with Crippen molar-refractivity contribution >= 4 is 282 Å². The van der Waals surface area contributed by atoms with E-state index in [2.05, 4.69) is 140 Å². The number of nitrogens with zero attached hydrogens (tertiary/aromatic N) is 2. The zero-order valence-electron chi connectivity index (χ0n) is 53.8. The molecule has 8 aliphatic carbocycles. The maximum absolute atomic E-state index is 18.0. The lowest BCUT2D eigenvalue weighted by atomic mass is 9.40. The molecule has 3 aliphatic heterocycles. The Balaban J connectivity index is 0.963. The van der Waals surface area contributed by atoms with Crippen LogP contribution in [0.25, 0.3) is 259 Å². The van der Waals surface area contributed by atoms with E-state index in [1.165, 1.54) is 303 Å². The summed E-state index contributed by atoms with van der Waals surface area (Å²) in [6.07, 6.45) is 0. The highest BCUT2D eigenvalue weighted by Crippen LogP contribution is 2.92. The Morgan fingerprint density at radius 1 is 0.221 bits per heavy atom. The summed E-state index contributed by atoms with van der Waals surface area (Å²) in [7, 11) is 0. The second kappa shape index (κ2) is 11.3. The first-order valence-electron chi connectivity index (χ1n) is 37.5. The lowest BCUT2D eigenvalue weighted by Gasteiger charge is -2.57. The first-order valence-corrected chi connectivity index (χ1v) is 37.5. The van der Waals surface area contributed by atoms with E-state index < -0.39 is 32.7 Å². The molecule has 0 radical (unpaired) electrons. The van der Waals surface area contributed by atoms with Gasteiger partial charge in [-0.15, -0.1) is 0 Å². The van der Waals surface area contributed by atoms with Crippen LogP contribution in [0, 0.1) is 0 Å². The summed E-state index contributed by atoms with van der Waals surface area (Å²) in [5.41, 5.74) is 10.1. The van der Waals surface area contributed by atoms with Crippen LogP contribution in [-0.2, 0) is 65.0 Å². The molecule has 6 heteroatoms. The van der Waals surface area contributed by atoms with Crippen LogP contribution in [0.4, 0.5) is 0 Å². The van der Waals surface area contributed by atoms with Gasteiger partial charge in [0.15, 0.2) is 0 Å². The summed E-state index contributed by atoms with van der Waals surface area (Å²) >= 11 is 0. The highest BCUT2D eigenvalue weighted by atomic mass is 16.5. The van der Waals surface area contributed by atoms with Crippen LogP contribution in [0.1, 0.15) is 77.9 Å². The highest BCUT2D eigenvalue weighted by molar-refractivity contribution is 6.79. The van der Waals surface area contributed by atoms with Crippen LogP contribution in [0.2, 0.25) is 0 Å². The fourth-order valence-corrected chi connectivity index (χ4v) is 32.6. The van der Waals surface area contributed by atoms with E-state index in [0.29, 0.717) is 11.4 Å². The lowest BCUT2D eigenvalue weighted by Crippen LogP contribution is -2.62. The molecule has 0 amide bonds. The predicted molar refractivity (Wildman–Crippen MR) is 415 cm³/mol. The SMILES string of the molecule is O=C1OCc2cccc(c2)COC(=O)C2=NC(c3ccccc3)(c3ccccc3)C34c5c6c7c8c9c5c5c3c3c%10c%11c%12c%13c(c6c6c7c7c%14c%15c%16c%17c%18c(c9c9c5c5c3c3c%10c%10c%12c%12c%19c%13c6c%14c%19c6c%15c%13c%17c%14c%18c9c5c5c%14c9c%13c6c%12c%10c9c35)C83C(c5ccccc5)(c5ccccc5)N=C1C7%163)C2%114. The highest BCUT2D eigenvalue weighted by Gasteiger charge is 2.86. The molecule has 4 unspecified atom stereocenters. The normalized spacial score (nSPS) is 24.3. The van der Waals surface area contributed by atoms with Gasteiger partial charge in [0.25, 0.3) is 0 Å². The molecule has 0 N–H and O–H groups in total. The molecular weight excluding hydrogens is 1270 g/mol. The fraction of sp³-hybridized carbons (Fsp3) is 0.0816. The van der Waals surface area contributed by atoms with Gasteiger partial charge in [0.05, 0.1) is 21.7 Å². The molecule has 0 saturated carbocycles. The van der Waals surface area contributed by atoms with Crippen LogP contribution >= 0.6 is 0 Å². The molecule has 9 bridgehead atoms. The van der Waals surface area contributed by atoms with E-state index >= 15 is 9.59 Å². The second-order valence-corrected chi connectivity index (χ2v) is 34.8. The maximum Gasteiger partial charge on any atom is 0.353 e. The molecule has 0 fully saturated rings. The van der Waals surface area contributed by atoms with Gasteiger partial charge in [-0.05, 0) is 342 Å². The number of carbonyl (C=O) groups is 2. The van der Waals surface area contributed by atoms with Gasteiger partial charge < -0.3 is 9.47 Å². The minimum atomic E-state index is -1.29. The summed E-state index contributed by atoms with van der Waals surface area (Å²) in [6, 6.07) is 54.1. The van der Waals surface area contributed by atoms with Crippen molar-refractivity contribution in [3.8, 4) is 0 Å². The second-order valence-electron chi connectivity index (χ2n) is 34.8. The van der Waals surface area contributed by atoms with Crippen LogP contribution in [0.5, 0.6) is 0 Å². The number of hydrogen-bond donors (Lipinski definition) is 0. The molecule has 4 spiro atoms.